The highest BCUT2D eigenvalue weighted by atomic mass is 32.2. The van der Waals surface area contributed by atoms with E-state index in [1.165, 1.54) is 66.3 Å². The van der Waals surface area contributed by atoms with Gasteiger partial charge in [0.2, 0.25) is 0 Å². The van der Waals surface area contributed by atoms with Crippen molar-refractivity contribution >= 4 is 43.2 Å². The van der Waals surface area contributed by atoms with Crippen LogP contribution in [0.15, 0.2) is 70.6 Å². The first-order valence-corrected chi connectivity index (χ1v) is 13.4. The van der Waals surface area contributed by atoms with E-state index >= 15 is 0 Å². The van der Waals surface area contributed by atoms with Crippen LogP contribution >= 0.6 is 11.3 Å². The molecule has 0 atom stereocenters. The van der Waals surface area contributed by atoms with Gasteiger partial charge in [0, 0.05) is 30.5 Å². The van der Waals surface area contributed by atoms with Crippen LogP contribution in [-0.4, -0.2) is 39.2 Å². The van der Waals surface area contributed by atoms with Gasteiger partial charge in [-0.2, -0.15) is 4.99 Å². The number of nitrogens with one attached hydrogen (secondary N) is 1. The molecule has 0 fully saturated rings. The maximum Gasteiger partial charge on any atom is 0.279 e. The van der Waals surface area contributed by atoms with Crippen molar-refractivity contribution in [3.05, 3.63) is 82.7 Å². The molecule has 0 aliphatic heterocycles. The van der Waals surface area contributed by atoms with Crippen LogP contribution in [0.4, 0.5) is 14.5 Å². The predicted octanol–water partition coefficient (Wildman–Crippen LogP) is 4.57. The molecule has 1 amide bonds. The Morgan fingerprint density at radius 1 is 1.08 bits per heavy atom. The van der Waals surface area contributed by atoms with Gasteiger partial charge in [-0.3, -0.25) is 9.52 Å². The number of ether oxygens (including phenoxy) is 2. The zero-order chi connectivity index (χ0) is 26.6. The second kappa shape index (κ2) is 11.2. The number of methoxy groups -OCH3 is 1. The lowest BCUT2D eigenvalue weighted by atomic mass is 10.2. The number of rotatable bonds is 9. The third-order valence-electron chi connectivity index (χ3n) is 5.31. The Morgan fingerprint density at radius 3 is 2.43 bits per heavy atom. The van der Waals surface area contributed by atoms with Gasteiger partial charge in [-0.1, -0.05) is 11.3 Å². The molecule has 194 valence electrons. The smallest absolute Gasteiger partial charge is 0.279 e. The summed E-state index contributed by atoms with van der Waals surface area (Å²) in [4.78, 5) is 17.2. The zero-order valence-electron chi connectivity index (χ0n) is 19.9. The maximum atomic E-state index is 14.5. The van der Waals surface area contributed by atoms with E-state index in [2.05, 4.69) is 9.71 Å². The molecule has 37 heavy (non-hydrogen) atoms. The van der Waals surface area contributed by atoms with Crippen LogP contribution in [0.1, 0.15) is 17.3 Å². The number of sulfonamides is 1. The SMILES string of the molecule is CCOCCn1c(=NC(=O)c2ccc(NS(=O)(=O)c3ccc(OC)cc3)cc2)sc2cc(F)cc(F)c21. The van der Waals surface area contributed by atoms with Crippen LogP contribution in [0.3, 0.4) is 0 Å². The molecule has 12 heteroatoms. The molecule has 0 spiro atoms. The van der Waals surface area contributed by atoms with Crippen LogP contribution in [0.5, 0.6) is 5.75 Å². The number of nitrogens with zero attached hydrogens (tertiary/aromatic N) is 2. The van der Waals surface area contributed by atoms with Gasteiger partial charge >= 0.3 is 0 Å². The average Bonchev–Trinajstić information content (AvgIpc) is 3.21. The highest BCUT2D eigenvalue weighted by molar-refractivity contribution is 7.92. The molecule has 0 bridgehead atoms. The summed E-state index contributed by atoms with van der Waals surface area (Å²) in [5.41, 5.74) is 0.576. The Labute approximate surface area is 215 Å². The number of anilines is 1. The van der Waals surface area contributed by atoms with E-state index < -0.39 is 27.6 Å². The van der Waals surface area contributed by atoms with Crippen molar-refractivity contribution in [3.63, 3.8) is 0 Å². The largest absolute Gasteiger partial charge is 0.497 e. The van der Waals surface area contributed by atoms with E-state index in [1.54, 1.807) is 0 Å². The number of benzene rings is 3. The van der Waals surface area contributed by atoms with Crippen molar-refractivity contribution in [2.24, 2.45) is 4.99 Å². The van der Waals surface area contributed by atoms with Crippen molar-refractivity contribution in [2.75, 3.05) is 25.0 Å². The molecule has 0 saturated heterocycles. The van der Waals surface area contributed by atoms with Crippen LogP contribution in [0, 0.1) is 11.6 Å². The number of aromatic nitrogens is 1. The van der Waals surface area contributed by atoms with E-state index in [1.807, 2.05) is 6.92 Å². The first kappa shape index (κ1) is 26.5. The summed E-state index contributed by atoms with van der Waals surface area (Å²) >= 11 is 0.984. The number of carbonyl (C=O) groups is 1. The molecule has 3 aromatic carbocycles. The highest BCUT2D eigenvalue weighted by Gasteiger charge is 2.16. The van der Waals surface area contributed by atoms with E-state index in [9.17, 15) is 22.0 Å². The summed E-state index contributed by atoms with van der Waals surface area (Å²) in [6.07, 6.45) is 0. The summed E-state index contributed by atoms with van der Waals surface area (Å²) in [5.74, 6) is -1.59. The highest BCUT2D eigenvalue weighted by Crippen LogP contribution is 2.23. The zero-order valence-corrected chi connectivity index (χ0v) is 21.5. The van der Waals surface area contributed by atoms with Crippen molar-refractivity contribution in [2.45, 2.75) is 18.4 Å². The molecular formula is C25H23F2N3O5S2. The van der Waals surface area contributed by atoms with Crippen LogP contribution in [0.2, 0.25) is 0 Å². The number of halogens is 2. The maximum absolute atomic E-state index is 14.5. The third-order valence-corrected chi connectivity index (χ3v) is 7.73. The molecule has 0 aliphatic carbocycles. The Hall–Kier alpha value is -3.61. The second-order valence-electron chi connectivity index (χ2n) is 7.74. The molecule has 1 N–H and O–H groups in total. The standard InChI is InChI=1S/C25H23F2N3O5S2/c1-3-35-13-12-30-23-21(27)14-17(26)15-22(23)36-25(30)28-24(31)16-4-6-18(7-5-16)29-37(32,33)20-10-8-19(34-2)9-11-20/h4-11,14-15,29H,3,12-13H2,1-2H3. The first-order valence-electron chi connectivity index (χ1n) is 11.1. The molecule has 1 aromatic heterocycles. The summed E-state index contributed by atoms with van der Waals surface area (Å²) in [7, 11) is -2.37. The van der Waals surface area contributed by atoms with Gasteiger partial charge in [0.25, 0.3) is 15.9 Å². The summed E-state index contributed by atoms with van der Waals surface area (Å²) in [5, 5.41) is 0. The lowest BCUT2D eigenvalue weighted by Gasteiger charge is -2.09. The van der Waals surface area contributed by atoms with Gasteiger partial charge in [-0.05, 0) is 61.5 Å². The summed E-state index contributed by atoms with van der Waals surface area (Å²) < 4.78 is 68.2. The van der Waals surface area contributed by atoms with Crippen molar-refractivity contribution in [1.29, 1.82) is 0 Å². The molecule has 8 nitrogen and oxygen atoms in total. The summed E-state index contributed by atoms with van der Waals surface area (Å²) in [6, 6.07) is 13.6. The number of carbonyl (C=O) groups excluding carboxylic acids is 1. The van der Waals surface area contributed by atoms with Gasteiger partial charge < -0.3 is 14.0 Å². The van der Waals surface area contributed by atoms with Crippen molar-refractivity contribution < 1.29 is 31.5 Å². The van der Waals surface area contributed by atoms with Crippen molar-refractivity contribution in [3.8, 4) is 5.75 Å². The van der Waals surface area contributed by atoms with Crippen LogP contribution in [-0.2, 0) is 21.3 Å². The fourth-order valence-corrected chi connectivity index (χ4v) is 5.68. The third kappa shape index (κ3) is 6.04. The Bertz CT molecular complexity index is 1600. The number of thiazole rings is 1. The monoisotopic (exact) mass is 547 g/mol. The van der Waals surface area contributed by atoms with Gasteiger partial charge in [0.05, 0.1) is 28.8 Å². The Balaban J connectivity index is 1.60. The minimum atomic E-state index is -3.85. The topological polar surface area (TPSA) is 99.0 Å². The molecular weight excluding hydrogens is 524 g/mol. The Kier molecular flexibility index (Phi) is 8.00. The van der Waals surface area contributed by atoms with E-state index in [0.29, 0.717) is 17.1 Å². The average molecular weight is 548 g/mol. The fourth-order valence-electron chi connectivity index (χ4n) is 3.52. The molecule has 0 radical (unpaired) electrons. The molecule has 0 unspecified atom stereocenters. The minimum absolute atomic E-state index is 0.0495. The number of hydrogen-bond acceptors (Lipinski definition) is 6. The Morgan fingerprint density at radius 2 is 1.78 bits per heavy atom. The second-order valence-corrected chi connectivity index (χ2v) is 10.4. The fraction of sp³-hybridized carbons (Fsp3) is 0.200. The van der Waals surface area contributed by atoms with Gasteiger partial charge in [-0.25, -0.2) is 17.2 Å². The van der Waals surface area contributed by atoms with Crippen LogP contribution in [0.25, 0.3) is 10.2 Å². The normalized spacial score (nSPS) is 12.2. The lowest BCUT2D eigenvalue weighted by molar-refractivity contribution is 0.0996. The quantitative estimate of drug-likeness (QED) is 0.310. The van der Waals surface area contributed by atoms with E-state index in [0.717, 1.165) is 17.4 Å². The van der Waals surface area contributed by atoms with Gasteiger partial charge in [-0.15, -0.1) is 0 Å². The number of hydrogen-bond donors (Lipinski definition) is 1. The molecule has 1 heterocycles. The van der Waals surface area contributed by atoms with Crippen LogP contribution < -0.4 is 14.3 Å². The first-order chi connectivity index (χ1) is 17.7. The minimum Gasteiger partial charge on any atom is -0.497 e. The van der Waals surface area contributed by atoms with E-state index in [-0.39, 0.29) is 39.6 Å². The lowest BCUT2D eigenvalue weighted by Crippen LogP contribution is -2.20. The summed E-state index contributed by atoms with van der Waals surface area (Å²) in [6.45, 7) is 2.75. The van der Waals surface area contributed by atoms with Crippen molar-refractivity contribution in [1.82, 2.24) is 4.57 Å². The molecule has 4 aromatic rings. The van der Waals surface area contributed by atoms with E-state index in [4.69, 9.17) is 9.47 Å². The van der Waals surface area contributed by atoms with Gasteiger partial charge in [0.1, 0.15) is 11.6 Å². The molecule has 0 saturated carbocycles. The number of fused-ring (bicyclic) bond motifs is 1. The molecule has 4 rings (SSSR count). The van der Waals surface area contributed by atoms with Gasteiger partial charge in [0.15, 0.2) is 10.6 Å². The molecule has 0 aliphatic rings. The number of amides is 1. The predicted molar refractivity (Wildman–Crippen MR) is 136 cm³/mol.